The molecule has 4 aliphatic rings. The molecule has 4 saturated carbocycles. The second kappa shape index (κ2) is 7.12. The van der Waals surface area contributed by atoms with E-state index in [9.17, 15) is 13.2 Å². The molecule has 2 aromatic rings. The molecule has 1 N–H and O–H groups in total. The normalized spacial score (nSPS) is 29.6. The number of benzene rings is 2. The topological polar surface area (TPSA) is 72.5 Å². The Labute approximate surface area is 177 Å². The van der Waals surface area contributed by atoms with Crippen molar-refractivity contribution in [3.63, 3.8) is 0 Å². The van der Waals surface area contributed by atoms with Crippen molar-refractivity contribution >= 4 is 21.7 Å². The predicted octanol–water partition coefficient (Wildman–Crippen LogP) is 4.74. The molecule has 0 spiro atoms. The van der Waals surface area contributed by atoms with Gasteiger partial charge >= 0.3 is 5.97 Å². The maximum atomic E-state index is 12.8. The van der Waals surface area contributed by atoms with E-state index in [4.69, 9.17) is 0 Å². The van der Waals surface area contributed by atoms with Gasteiger partial charge in [-0.1, -0.05) is 18.2 Å². The number of nitrogens with one attached hydrogen (secondary N) is 1. The minimum atomic E-state index is -3.79. The molecule has 4 fully saturated rings. The van der Waals surface area contributed by atoms with E-state index in [-0.39, 0.29) is 10.5 Å². The highest BCUT2D eigenvalue weighted by Gasteiger charge is 2.51. The molecule has 4 bridgehead atoms. The first-order chi connectivity index (χ1) is 14.4. The predicted molar refractivity (Wildman–Crippen MR) is 115 cm³/mol. The molecule has 5 nitrogen and oxygen atoms in total. The van der Waals surface area contributed by atoms with Crippen LogP contribution in [0.5, 0.6) is 0 Å². The summed E-state index contributed by atoms with van der Waals surface area (Å²) >= 11 is 0. The van der Waals surface area contributed by atoms with E-state index in [1.54, 1.807) is 0 Å². The summed E-state index contributed by atoms with van der Waals surface area (Å²) < 4.78 is 32.9. The van der Waals surface area contributed by atoms with Crippen LogP contribution in [0.1, 0.15) is 54.4 Å². The Kier molecular flexibility index (Phi) is 4.65. The van der Waals surface area contributed by atoms with Crippen LogP contribution in [0.2, 0.25) is 0 Å². The maximum Gasteiger partial charge on any atom is 0.337 e. The van der Waals surface area contributed by atoms with Crippen LogP contribution in [0.25, 0.3) is 0 Å². The minimum Gasteiger partial charge on any atom is -0.465 e. The molecular formula is C24H27NO4S. The van der Waals surface area contributed by atoms with Crippen molar-refractivity contribution in [3.05, 3.63) is 59.7 Å². The van der Waals surface area contributed by atoms with Gasteiger partial charge < -0.3 is 4.74 Å². The highest BCUT2D eigenvalue weighted by atomic mass is 32.2. The van der Waals surface area contributed by atoms with Crippen molar-refractivity contribution in [2.75, 3.05) is 11.8 Å². The van der Waals surface area contributed by atoms with E-state index >= 15 is 0 Å². The summed E-state index contributed by atoms with van der Waals surface area (Å²) in [4.78, 5) is 11.8. The average molecular weight is 426 g/mol. The van der Waals surface area contributed by atoms with Crippen molar-refractivity contribution in [1.82, 2.24) is 0 Å². The lowest BCUT2D eigenvalue weighted by Gasteiger charge is -2.57. The largest absolute Gasteiger partial charge is 0.465 e. The zero-order valence-corrected chi connectivity index (χ0v) is 18.0. The Balaban J connectivity index is 1.36. The van der Waals surface area contributed by atoms with Crippen LogP contribution in [-0.2, 0) is 20.2 Å². The smallest absolute Gasteiger partial charge is 0.337 e. The lowest BCUT2D eigenvalue weighted by atomic mass is 9.48. The van der Waals surface area contributed by atoms with Crippen LogP contribution in [0.15, 0.2) is 53.4 Å². The van der Waals surface area contributed by atoms with Gasteiger partial charge in [-0.25, -0.2) is 13.2 Å². The molecule has 0 aromatic heterocycles. The van der Waals surface area contributed by atoms with Gasteiger partial charge in [-0.15, -0.1) is 0 Å². The number of hydrogen-bond acceptors (Lipinski definition) is 4. The molecule has 158 valence electrons. The molecular weight excluding hydrogens is 398 g/mol. The van der Waals surface area contributed by atoms with Gasteiger partial charge in [-0.3, -0.25) is 4.72 Å². The number of ether oxygens (including phenoxy) is 1. The molecule has 30 heavy (non-hydrogen) atoms. The van der Waals surface area contributed by atoms with Crippen molar-refractivity contribution in [1.29, 1.82) is 0 Å². The fourth-order valence-corrected chi connectivity index (χ4v) is 7.58. The van der Waals surface area contributed by atoms with Gasteiger partial charge in [0.2, 0.25) is 0 Å². The quantitative estimate of drug-likeness (QED) is 0.702. The standard InChI is InChI=1S/C24H27NO4S/c1-29-23(26)19-3-2-4-22(12-19)30(27,28)25-21-7-5-20(6-8-21)24-13-16-9-17(14-24)11-18(10-16)15-24/h2-8,12,16-18,25H,9-11,13-15H2,1H3. The van der Waals surface area contributed by atoms with Crippen molar-refractivity contribution in [3.8, 4) is 0 Å². The van der Waals surface area contributed by atoms with Gasteiger partial charge in [0.05, 0.1) is 17.6 Å². The zero-order chi connectivity index (χ0) is 20.9. The Morgan fingerprint density at radius 1 is 0.967 bits per heavy atom. The SMILES string of the molecule is COC(=O)c1cccc(S(=O)(=O)Nc2ccc(C34CC5CC(CC(C5)C3)C4)cc2)c1. The second-order valence-electron chi connectivity index (χ2n) is 9.40. The van der Waals surface area contributed by atoms with Gasteiger partial charge in [-0.05, 0) is 97.6 Å². The molecule has 0 unspecified atom stereocenters. The number of methoxy groups -OCH3 is 1. The minimum absolute atomic E-state index is 0.0376. The van der Waals surface area contributed by atoms with Crippen molar-refractivity contribution in [2.24, 2.45) is 17.8 Å². The van der Waals surface area contributed by atoms with Gasteiger partial charge in [0.15, 0.2) is 0 Å². The van der Waals surface area contributed by atoms with Crippen LogP contribution in [-0.4, -0.2) is 21.5 Å². The summed E-state index contributed by atoms with van der Waals surface area (Å²) in [7, 11) is -2.52. The highest BCUT2D eigenvalue weighted by molar-refractivity contribution is 7.92. The molecule has 0 amide bonds. The van der Waals surface area contributed by atoms with Crippen LogP contribution in [0, 0.1) is 17.8 Å². The third-order valence-corrected chi connectivity index (χ3v) is 8.73. The Morgan fingerprint density at radius 3 is 2.13 bits per heavy atom. The van der Waals surface area contributed by atoms with Crippen LogP contribution in [0.3, 0.4) is 0 Å². The molecule has 4 aliphatic carbocycles. The monoisotopic (exact) mass is 425 g/mol. The van der Waals surface area contributed by atoms with E-state index in [1.165, 1.54) is 75.5 Å². The summed E-state index contributed by atoms with van der Waals surface area (Å²) in [6, 6.07) is 13.8. The Hall–Kier alpha value is -2.34. The first-order valence-electron chi connectivity index (χ1n) is 10.7. The van der Waals surface area contributed by atoms with Crippen LogP contribution >= 0.6 is 0 Å². The van der Waals surface area contributed by atoms with E-state index < -0.39 is 16.0 Å². The number of anilines is 1. The summed E-state index contributed by atoms with van der Waals surface area (Å²) in [5.41, 5.74) is 2.39. The first kappa shape index (κ1) is 19.6. The van der Waals surface area contributed by atoms with Crippen molar-refractivity contribution in [2.45, 2.75) is 48.8 Å². The molecule has 0 saturated heterocycles. The molecule has 6 rings (SSSR count). The summed E-state index contributed by atoms with van der Waals surface area (Å²) in [6.07, 6.45) is 8.06. The number of esters is 1. The highest BCUT2D eigenvalue weighted by Crippen LogP contribution is 2.60. The zero-order valence-electron chi connectivity index (χ0n) is 17.1. The lowest BCUT2D eigenvalue weighted by molar-refractivity contribution is -0.00518. The number of rotatable bonds is 5. The van der Waals surface area contributed by atoms with Gasteiger partial charge in [-0.2, -0.15) is 0 Å². The Morgan fingerprint density at radius 2 is 1.57 bits per heavy atom. The van der Waals surface area contributed by atoms with Gasteiger partial charge in [0.1, 0.15) is 0 Å². The van der Waals surface area contributed by atoms with Crippen LogP contribution in [0.4, 0.5) is 5.69 Å². The number of carbonyl (C=O) groups excluding carboxylic acids is 1. The first-order valence-corrected chi connectivity index (χ1v) is 12.2. The van der Waals surface area contributed by atoms with E-state index in [0.29, 0.717) is 11.1 Å². The van der Waals surface area contributed by atoms with Gasteiger partial charge in [0.25, 0.3) is 10.0 Å². The molecule has 0 atom stereocenters. The lowest BCUT2D eigenvalue weighted by Crippen LogP contribution is -2.48. The maximum absolute atomic E-state index is 12.8. The summed E-state index contributed by atoms with van der Waals surface area (Å²) in [5, 5.41) is 0. The number of carbonyl (C=O) groups is 1. The Bertz CT molecular complexity index is 1040. The molecule has 0 radical (unpaired) electrons. The van der Waals surface area contributed by atoms with E-state index in [0.717, 1.165) is 17.8 Å². The number of hydrogen-bond donors (Lipinski definition) is 1. The molecule has 0 aliphatic heterocycles. The van der Waals surface area contributed by atoms with Crippen molar-refractivity contribution < 1.29 is 17.9 Å². The fraction of sp³-hybridized carbons (Fsp3) is 0.458. The molecule has 6 heteroatoms. The van der Waals surface area contributed by atoms with Crippen LogP contribution < -0.4 is 4.72 Å². The summed E-state index contributed by atoms with van der Waals surface area (Å²) in [6.45, 7) is 0. The molecule has 2 aromatic carbocycles. The second-order valence-corrected chi connectivity index (χ2v) is 11.1. The van der Waals surface area contributed by atoms with Gasteiger partial charge in [0, 0.05) is 5.69 Å². The fourth-order valence-electron chi connectivity index (χ4n) is 6.48. The number of sulfonamides is 1. The van der Waals surface area contributed by atoms with E-state index in [1.807, 2.05) is 12.1 Å². The third-order valence-electron chi connectivity index (χ3n) is 7.35. The average Bonchev–Trinajstić information content (AvgIpc) is 2.72. The third kappa shape index (κ3) is 3.41. The molecule has 0 heterocycles. The summed E-state index contributed by atoms with van der Waals surface area (Å²) in [5.74, 6) is 2.05. The van der Waals surface area contributed by atoms with E-state index in [2.05, 4.69) is 21.6 Å².